The van der Waals surface area contributed by atoms with Crippen LogP contribution in [0.5, 0.6) is 0 Å². The second kappa shape index (κ2) is 9.43. The van der Waals surface area contributed by atoms with E-state index < -0.39 is 0 Å². The molecule has 0 radical (unpaired) electrons. The van der Waals surface area contributed by atoms with Crippen molar-refractivity contribution in [2.75, 3.05) is 18.4 Å². The molecule has 1 aromatic carbocycles. The fourth-order valence-corrected chi connectivity index (χ4v) is 2.47. The number of rotatable bonds is 9. The number of anilines is 1. The zero-order valence-corrected chi connectivity index (χ0v) is 14.0. The summed E-state index contributed by atoms with van der Waals surface area (Å²) in [7, 11) is 0. The van der Waals surface area contributed by atoms with Crippen molar-refractivity contribution in [3.63, 3.8) is 0 Å². The normalized spacial score (nSPS) is 12.0. The first-order valence-electron chi connectivity index (χ1n) is 8.25. The van der Waals surface area contributed by atoms with Gasteiger partial charge in [-0.2, -0.15) is 0 Å². The molecule has 0 saturated carbocycles. The lowest BCUT2D eigenvalue weighted by Gasteiger charge is -2.17. The van der Waals surface area contributed by atoms with Crippen LogP contribution in [0.25, 0.3) is 0 Å². The Morgan fingerprint density at radius 3 is 2.62 bits per heavy atom. The van der Waals surface area contributed by atoms with Crippen molar-refractivity contribution in [1.29, 1.82) is 0 Å². The lowest BCUT2D eigenvalue weighted by Crippen LogP contribution is -2.29. The van der Waals surface area contributed by atoms with Crippen LogP contribution in [0.15, 0.2) is 18.2 Å². The van der Waals surface area contributed by atoms with Crippen LogP contribution < -0.4 is 10.6 Å². The van der Waals surface area contributed by atoms with Crippen molar-refractivity contribution in [3.8, 4) is 0 Å². The summed E-state index contributed by atoms with van der Waals surface area (Å²) in [4.78, 5) is 12.4. The van der Waals surface area contributed by atoms with Crippen molar-refractivity contribution in [2.45, 2.75) is 53.4 Å². The monoisotopic (exact) mass is 290 g/mol. The third-order valence-corrected chi connectivity index (χ3v) is 3.88. The van der Waals surface area contributed by atoms with Gasteiger partial charge in [-0.25, -0.2) is 0 Å². The third kappa shape index (κ3) is 5.78. The molecule has 0 aromatic heterocycles. The van der Waals surface area contributed by atoms with Gasteiger partial charge in [-0.1, -0.05) is 39.2 Å². The van der Waals surface area contributed by atoms with E-state index in [-0.39, 0.29) is 5.91 Å². The third-order valence-electron chi connectivity index (χ3n) is 3.88. The first-order chi connectivity index (χ1) is 10.1. The predicted molar refractivity (Wildman–Crippen MR) is 91.0 cm³/mol. The van der Waals surface area contributed by atoms with Crippen LogP contribution in [0.3, 0.4) is 0 Å². The van der Waals surface area contributed by atoms with Gasteiger partial charge in [0.25, 0.3) is 5.91 Å². The number of amides is 1. The summed E-state index contributed by atoms with van der Waals surface area (Å²) in [6, 6.07) is 5.94. The summed E-state index contributed by atoms with van der Waals surface area (Å²) in [5.41, 5.74) is 2.83. The van der Waals surface area contributed by atoms with Crippen LogP contribution in [-0.2, 0) is 0 Å². The lowest BCUT2D eigenvalue weighted by atomic mass is 9.99. The predicted octanol–water partition coefficient (Wildman–Crippen LogP) is 4.37. The van der Waals surface area contributed by atoms with E-state index in [1.165, 1.54) is 19.3 Å². The summed E-state index contributed by atoms with van der Waals surface area (Å²) in [5.74, 6) is 0.614. The molecule has 0 bridgehead atoms. The second-order valence-corrected chi connectivity index (χ2v) is 5.71. The molecule has 3 nitrogen and oxygen atoms in total. The molecule has 0 aliphatic heterocycles. The Balaban J connectivity index is 2.66. The molecule has 0 aliphatic rings. The van der Waals surface area contributed by atoms with Crippen molar-refractivity contribution in [2.24, 2.45) is 5.92 Å². The molecule has 1 aromatic rings. The van der Waals surface area contributed by atoms with E-state index in [1.54, 1.807) is 0 Å². The van der Waals surface area contributed by atoms with Crippen molar-refractivity contribution >= 4 is 11.6 Å². The summed E-state index contributed by atoms with van der Waals surface area (Å²) < 4.78 is 0. The quantitative estimate of drug-likeness (QED) is 0.709. The van der Waals surface area contributed by atoms with Crippen LogP contribution in [0.2, 0.25) is 0 Å². The van der Waals surface area contributed by atoms with Gasteiger partial charge < -0.3 is 10.6 Å². The lowest BCUT2D eigenvalue weighted by molar-refractivity contribution is 0.0946. The number of hydrogen-bond acceptors (Lipinski definition) is 2. The van der Waals surface area contributed by atoms with Gasteiger partial charge in [0.1, 0.15) is 0 Å². The van der Waals surface area contributed by atoms with Gasteiger partial charge >= 0.3 is 0 Å². The highest BCUT2D eigenvalue weighted by molar-refractivity contribution is 5.99. The largest absolute Gasteiger partial charge is 0.385 e. The molecule has 1 rings (SSSR count). The Morgan fingerprint density at radius 1 is 1.24 bits per heavy atom. The molecule has 1 atom stereocenters. The first-order valence-corrected chi connectivity index (χ1v) is 8.25. The van der Waals surface area contributed by atoms with E-state index in [2.05, 4.69) is 24.5 Å². The van der Waals surface area contributed by atoms with Gasteiger partial charge in [0.05, 0.1) is 5.56 Å². The Bertz CT molecular complexity index is 443. The van der Waals surface area contributed by atoms with Crippen molar-refractivity contribution < 1.29 is 4.79 Å². The summed E-state index contributed by atoms with van der Waals surface area (Å²) in [5, 5.41) is 6.37. The minimum atomic E-state index is 0.0286. The SMILES string of the molecule is CCCCC(CC)CNC(=O)c1ccc(C)cc1NCC. The molecule has 3 heteroatoms. The van der Waals surface area contributed by atoms with Gasteiger partial charge in [-0.3, -0.25) is 4.79 Å². The number of aryl methyl sites for hydroxylation is 1. The number of carbonyl (C=O) groups is 1. The highest BCUT2D eigenvalue weighted by atomic mass is 16.1. The van der Waals surface area contributed by atoms with Crippen LogP contribution in [0, 0.1) is 12.8 Å². The average molecular weight is 290 g/mol. The Hall–Kier alpha value is -1.51. The standard InChI is InChI=1S/C18H30N2O/c1-5-8-9-15(6-2)13-20-18(21)16-11-10-14(4)12-17(16)19-7-3/h10-12,15,19H,5-9,13H2,1-4H3,(H,20,21). The minimum absolute atomic E-state index is 0.0286. The molecule has 2 N–H and O–H groups in total. The van der Waals surface area contributed by atoms with E-state index in [1.807, 2.05) is 32.0 Å². The maximum atomic E-state index is 12.4. The fraction of sp³-hybridized carbons (Fsp3) is 0.611. The van der Waals surface area contributed by atoms with Crippen LogP contribution >= 0.6 is 0 Å². The molecule has 0 spiro atoms. The van der Waals surface area contributed by atoms with E-state index in [4.69, 9.17) is 0 Å². The van der Waals surface area contributed by atoms with Crippen molar-refractivity contribution in [3.05, 3.63) is 29.3 Å². The van der Waals surface area contributed by atoms with E-state index in [0.29, 0.717) is 5.92 Å². The maximum absolute atomic E-state index is 12.4. The summed E-state index contributed by atoms with van der Waals surface area (Å²) >= 11 is 0. The van der Waals surface area contributed by atoms with Crippen molar-refractivity contribution in [1.82, 2.24) is 5.32 Å². The zero-order chi connectivity index (χ0) is 15.7. The number of benzene rings is 1. The average Bonchev–Trinajstić information content (AvgIpc) is 2.47. The molecular formula is C18H30N2O. The van der Waals surface area contributed by atoms with Gasteiger partial charge in [-0.15, -0.1) is 0 Å². The number of carbonyl (C=O) groups excluding carboxylic acids is 1. The second-order valence-electron chi connectivity index (χ2n) is 5.71. The van der Waals surface area contributed by atoms with Gasteiger partial charge in [0.15, 0.2) is 0 Å². The molecule has 0 saturated heterocycles. The molecule has 0 aliphatic carbocycles. The Morgan fingerprint density at radius 2 is 2.00 bits per heavy atom. The molecule has 1 unspecified atom stereocenters. The Labute approximate surface area is 129 Å². The molecular weight excluding hydrogens is 260 g/mol. The first kappa shape index (κ1) is 17.5. The highest BCUT2D eigenvalue weighted by Crippen LogP contribution is 2.18. The number of unbranched alkanes of at least 4 members (excludes halogenated alkanes) is 1. The highest BCUT2D eigenvalue weighted by Gasteiger charge is 2.13. The topological polar surface area (TPSA) is 41.1 Å². The summed E-state index contributed by atoms with van der Waals surface area (Å²) in [6.07, 6.45) is 4.77. The van der Waals surface area contributed by atoms with E-state index in [0.717, 1.165) is 36.3 Å². The van der Waals surface area contributed by atoms with Crippen LogP contribution in [0.1, 0.15) is 62.4 Å². The number of nitrogens with one attached hydrogen (secondary N) is 2. The zero-order valence-electron chi connectivity index (χ0n) is 14.0. The smallest absolute Gasteiger partial charge is 0.253 e. The summed E-state index contributed by atoms with van der Waals surface area (Å²) in [6.45, 7) is 10.1. The van der Waals surface area contributed by atoms with Gasteiger partial charge in [0, 0.05) is 18.8 Å². The maximum Gasteiger partial charge on any atom is 0.253 e. The van der Waals surface area contributed by atoms with E-state index in [9.17, 15) is 4.79 Å². The Kier molecular flexibility index (Phi) is 7.88. The van der Waals surface area contributed by atoms with Gasteiger partial charge in [0.2, 0.25) is 0 Å². The fourth-order valence-electron chi connectivity index (χ4n) is 2.47. The van der Waals surface area contributed by atoms with Crippen LogP contribution in [-0.4, -0.2) is 19.0 Å². The molecule has 0 heterocycles. The minimum Gasteiger partial charge on any atom is -0.385 e. The van der Waals surface area contributed by atoms with E-state index >= 15 is 0 Å². The molecule has 1 amide bonds. The van der Waals surface area contributed by atoms with Gasteiger partial charge in [-0.05, 0) is 43.9 Å². The number of hydrogen-bond donors (Lipinski definition) is 2. The van der Waals surface area contributed by atoms with Crippen LogP contribution in [0.4, 0.5) is 5.69 Å². The molecule has 0 fully saturated rings. The molecule has 21 heavy (non-hydrogen) atoms. The molecule has 118 valence electrons.